The van der Waals surface area contributed by atoms with Crippen LogP contribution >= 0.6 is 0 Å². The summed E-state index contributed by atoms with van der Waals surface area (Å²) in [4.78, 5) is 45.6. The Kier molecular flexibility index (Phi) is 7.70. The maximum atomic E-state index is 12.1. The second-order valence-electron chi connectivity index (χ2n) is 6.57. The summed E-state index contributed by atoms with van der Waals surface area (Å²) in [6.45, 7) is 6.43. The number of amides is 2. The number of nitrogens with zero attached hydrogens (tertiary/aromatic N) is 1. The van der Waals surface area contributed by atoms with Crippen LogP contribution in [0.25, 0.3) is 0 Å². The Morgan fingerprint density at radius 3 is 2.44 bits per heavy atom. The fourth-order valence-electron chi connectivity index (χ4n) is 1.86. The molecule has 1 rings (SSSR count). The van der Waals surface area contributed by atoms with Gasteiger partial charge in [0.2, 0.25) is 0 Å². The molecule has 1 atom stereocenters. The van der Waals surface area contributed by atoms with Gasteiger partial charge in [-0.1, -0.05) is 12.1 Å². The van der Waals surface area contributed by atoms with E-state index in [2.05, 4.69) is 10.6 Å². The highest BCUT2D eigenvalue weighted by atomic mass is 16.6. The number of ether oxygens (including phenoxy) is 2. The predicted molar refractivity (Wildman–Crippen MR) is 96.1 cm³/mol. The summed E-state index contributed by atoms with van der Waals surface area (Å²) in [5, 5.41) is 15.7. The standard InChI is InChI=1S/C17H23N3O7/c1-11(15(22)19-12-7-5-6-8-13(12)20(24)25)26-14(21)9-10-18-16(23)27-17(2,3)4/h5-8,11H,9-10H2,1-4H3,(H,18,23)(H,19,22)/t11-/m1/s1. The summed E-state index contributed by atoms with van der Waals surface area (Å²) < 4.78 is 9.97. The third-order valence-electron chi connectivity index (χ3n) is 3.03. The lowest BCUT2D eigenvalue weighted by Gasteiger charge is -2.19. The quantitative estimate of drug-likeness (QED) is 0.420. The van der Waals surface area contributed by atoms with Crippen molar-refractivity contribution in [3.8, 4) is 0 Å². The number of alkyl carbamates (subject to hydrolysis) is 1. The normalized spacial score (nSPS) is 11.9. The van der Waals surface area contributed by atoms with Gasteiger partial charge in [-0.05, 0) is 33.8 Å². The zero-order valence-electron chi connectivity index (χ0n) is 15.6. The smallest absolute Gasteiger partial charge is 0.407 e. The number of nitro benzene ring substituents is 1. The lowest BCUT2D eigenvalue weighted by molar-refractivity contribution is -0.383. The number of rotatable bonds is 7. The van der Waals surface area contributed by atoms with Crippen LogP contribution in [0.1, 0.15) is 34.1 Å². The molecular weight excluding hydrogens is 358 g/mol. The molecule has 1 aromatic carbocycles. The van der Waals surface area contributed by atoms with Crippen molar-refractivity contribution in [2.24, 2.45) is 0 Å². The fourth-order valence-corrected chi connectivity index (χ4v) is 1.86. The zero-order chi connectivity index (χ0) is 20.6. The van der Waals surface area contributed by atoms with Gasteiger partial charge in [-0.3, -0.25) is 19.7 Å². The first-order valence-electron chi connectivity index (χ1n) is 8.20. The number of nitro groups is 1. The van der Waals surface area contributed by atoms with Crippen molar-refractivity contribution >= 4 is 29.3 Å². The molecule has 0 bridgehead atoms. The van der Waals surface area contributed by atoms with Gasteiger partial charge in [0.05, 0.1) is 11.3 Å². The summed E-state index contributed by atoms with van der Waals surface area (Å²) in [7, 11) is 0. The molecule has 10 heteroatoms. The Labute approximate surface area is 156 Å². The van der Waals surface area contributed by atoms with E-state index in [-0.39, 0.29) is 24.3 Å². The molecule has 0 aliphatic carbocycles. The highest BCUT2D eigenvalue weighted by molar-refractivity contribution is 5.96. The molecule has 0 aliphatic rings. The van der Waals surface area contributed by atoms with E-state index in [9.17, 15) is 24.5 Å². The van der Waals surface area contributed by atoms with Gasteiger partial charge in [0, 0.05) is 12.6 Å². The molecule has 0 aliphatic heterocycles. The molecule has 2 N–H and O–H groups in total. The number of nitrogens with one attached hydrogen (secondary N) is 2. The maximum absolute atomic E-state index is 12.1. The Morgan fingerprint density at radius 1 is 1.22 bits per heavy atom. The third-order valence-corrected chi connectivity index (χ3v) is 3.03. The van der Waals surface area contributed by atoms with Crippen molar-refractivity contribution in [3.63, 3.8) is 0 Å². The maximum Gasteiger partial charge on any atom is 0.407 e. The van der Waals surface area contributed by atoms with Gasteiger partial charge in [0.15, 0.2) is 6.10 Å². The number of para-hydroxylation sites is 2. The zero-order valence-corrected chi connectivity index (χ0v) is 15.6. The van der Waals surface area contributed by atoms with E-state index in [1.165, 1.54) is 31.2 Å². The Bertz CT molecular complexity index is 713. The monoisotopic (exact) mass is 381 g/mol. The number of anilines is 1. The molecular formula is C17H23N3O7. The number of carbonyl (C=O) groups excluding carboxylic acids is 3. The lowest BCUT2D eigenvalue weighted by Crippen LogP contribution is -2.35. The molecule has 27 heavy (non-hydrogen) atoms. The van der Waals surface area contributed by atoms with E-state index in [4.69, 9.17) is 9.47 Å². The Hall–Kier alpha value is -3.17. The van der Waals surface area contributed by atoms with Gasteiger partial charge < -0.3 is 20.1 Å². The van der Waals surface area contributed by atoms with Crippen LogP contribution < -0.4 is 10.6 Å². The molecule has 0 aromatic heterocycles. The van der Waals surface area contributed by atoms with Crippen molar-refractivity contribution in [2.75, 3.05) is 11.9 Å². The van der Waals surface area contributed by atoms with Crippen molar-refractivity contribution < 1.29 is 28.8 Å². The second kappa shape index (κ2) is 9.51. The minimum Gasteiger partial charge on any atom is -0.452 e. The number of hydrogen-bond donors (Lipinski definition) is 2. The second-order valence-corrected chi connectivity index (χ2v) is 6.57. The van der Waals surface area contributed by atoms with Crippen molar-refractivity contribution in [2.45, 2.75) is 45.8 Å². The van der Waals surface area contributed by atoms with Crippen LogP contribution in [0.5, 0.6) is 0 Å². The van der Waals surface area contributed by atoms with Crippen LogP contribution in [0.3, 0.4) is 0 Å². The molecule has 1 aromatic rings. The van der Waals surface area contributed by atoms with Gasteiger partial charge >= 0.3 is 12.1 Å². The summed E-state index contributed by atoms with van der Waals surface area (Å²) >= 11 is 0. The summed E-state index contributed by atoms with van der Waals surface area (Å²) in [6, 6.07) is 5.61. The van der Waals surface area contributed by atoms with Gasteiger partial charge in [-0.25, -0.2) is 4.79 Å². The van der Waals surface area contributed by atoms with E-state index < -0.39 is 34.6 Å². The van der Waals surface area contributed by atoms with E-state index in [1.807, 2.05) is 0 Å². The summed E-state index contributed by atoms with van der Waals surface area (Å²) in [5.74, 6) is -1.42. The van der Waals surface area contributed by atoms with Crippen molar-refractivity contribution in [1.82, 2.24) is 5.32 Å². The van der Waals surface area contributed by atoms with E-state index >= 15 is 0 Å². The number of benzene rings is 1. The van der Waals surface area contributed by atoms with Crippen LogP contribution in [-0.4, -0.2) is 41.1 Å². The average molecular weight is 381 g/mol. The minimum absolute atomic E-state index is 0.00184. The molecule has 0 saturated heterocycles. The van der Waals surface area contributed by atoms with Crippen LogP contribution in [0.2, 0.25) is 0 Å². The first-order chi connectivity index (χ1) is 12.5. The van der Waals surface area contributed by atoms with Crippen LogP contribution in [0.15, 0.2) is 24.3 Å². The highest BCUT2D eigenvalue weighted by Gasteiger charge is 2.22. The molecule has 2 amide bonds. The third kappa shape index (κ3) is 8.17. The number of carbonyl (C=O) groups is 3. The first-order valence-corrected chi connectivity index (χ1v) is 8.20. The summed E-state index contributed by atoms with van der Waals surface area (Å²) in [6.07, 6.45) is -2.00. The Morgan fingerprint density at radius 2 is 1.85 bits per heavy atom. The summed E-state index contributed by atoms with van der Waals surface area (Å²) in [5.41, 5.74) is -0.926. The molecule has 0 heterocycles. The SMILES string of the molecule is C[C@@H](OC(=O)CCNC(=O)OC(C)(C)C)C(=O)Nc1ccccc1[N+](=O)[O-]. The highest BCUT2D eigenvalue weighted by Crippen LogP contribution is 2.23. The topological polar surface area (TPSA) is 137 Å². The van der Waals surface area contributed by atoms with E-state index in [1.54, 1.807) is 20.8 Å². The molecule has 0 radical (unpaired) electrons. The van der Waals surface area contributed by atoms with Gasteiger partial charge in [-0.15, -0.1) is 0 Å². The van der Waals surface area contributed by atoms with Gasteiger partial charge in [-0.2, -0.15) is 0 Å². The molecule has 0 saturated carbocycles. The lowest BCUT2D eigenvalue weighted by atomic mass is 10.2. The molecule has 0 unspecified atom stereocenters. The minimum atomic E-state index is -1.17. The van der Waals surface area contributed by atoms with Crippen LogP contribution in [0, 0.1) is 10.1 Å². The molecule has 10 nitrogen and oxygen atoms in total. The van der Waals surface area contributed by atoms with Crippen LogP contribution in [0.4, 0.5) is 16.2 Å². The van der Waals surface area contributed by atoms with Gasteiger partial charge in [0.1, 0.15) is 11.3 Å². The number of esters is 1. The largest absolute Gasteiger partial charge is 0.452 e. The van der Waals surface area contributed by atoms with Crippen LogP contribution in [-0.2, 0) is 19.1 Å². The Balaban J connectivity index is 2.46. The van der Waals surface area contributed by atoms with E-state index in [0.717, 1.165) is 0 Å². The molecule has 148 valence electrons. The van der Waals surface area contributed by atoms with Gasteiger partial charge in [0.25, 0.3) is 11.6 Å². The average Bonchev–Trinajstić information content (AvgIpc) is 2.53. The van der Waals surface area contributed by atoms with Crippen molar-refractivity contribution in [3.05, 3.63) is 34.4 Å². The number of hydrogen-bond acceptors (Lipinski definition) is 7. The first kappa shape index (κ1) is 21.9. The van der Waals surface area contributed by atoms with Crippen molar-refractivity contribution in [1.29, 1.82) is 0 Å². The van der Waals surface area contributed by atoms with E-state index in [0.29, 0.717) is 0 Å². The molecule has 0 fully saturated rings. The predicted octanol–water partition coefficient (Wildman–Crippen LogP) is 2.38. The molecule has 0 spiro atoms. The fraction of sp³-hybridized carbons (Fsp3) is 0.471.